The number of hydrogen-bond donors (Lipinski definition) is 1. The zero-order valence-corrected chi connectivity index (χ0v) is 5.67. The number of ether oxygens (including phenoxy) is 1. The molecule has 0 amide bonds. The van der Waals surface area contributed by atoms with Gasteiger partial charge in [0.25, 0.3) is 0 Å². The van der Waals surface area contributed by atoms with Gasteiger partial charge in [-0.25, -0.2) is 10.2 Å². The lowest BCUT2D eigenvalue weighted by Gasteiger charge is -2.11. The molecule has 0 saturated carbocycles. The first-order valence-electron chi connectivity index (χ1n) is 2.37. The van der Waals surface area contributed by atoms with Gasteiger partial charge in [0.05, 0.1) is 7.11 Å². The lowest BCUT2D eigenvalue weighted by molar-refractivity contribution is -0.135. The Labute approximate surface area is 53.5 Å². The largest absolute Gasteiger partial charge is 0.528 e. The number of methoxy groups -OCH3 is 1. The van der Waals surface area contributed by atoms with Crippen molar-refractivity contribution < 1.29 is 14.4 Å². The Morgan fingerprint density at radius 3 is 2.56 bits per heavy atom. The van der Waals surface area contributed by atoms with Crippen LogP contribution in [0.25, 0.3) is 0 Å². The van der Waals surface area contributed by atoms with Gasteiger partial charge in [0.15, 0.2) is 0 Å². The third-order valence-electron chi connectivity index (χ3n) is 0.693. The van der Waals surface area contributed by atoms with Crippen LogP contribution in [0.15, 0.2) is 0 Å². The Hall–Kier alpha value is -0.810. The average Bonchev–Trinajstić information content (AvgIpc) is 1.87. The standard InChI is InChI=1S/C4H10N2O3/c1-5-6(2)9-4(7)8-3/h5H,1-3H3. The third-order valence-corrected chi connectivity index (χ3v) is 0.693. The first-order chi connectivity index (χ1) is 4.20. The zero-order valence-electron chi connectivity index (χ0n) is 5.67. The van der Waals surface area contributed by atoms with E-state index in [0.29, 0.717) is 0 Å². The van der Waals surface area contributed by atoms with Crippen LogP contribution in [0.4, 0.5) is 4.79 Å². The Balaban J connectivity index is 3.34. The lowest BCUT2D eigenvalue weighted by Crippen LogP contribution is -2.33. The molecule has 0 spiro atoms. The van der Waals surface area contributed by atoms with Gasteiger partial charge in [-0.15, -0.1) is 0 Å². The quantitative estimate of drug-likeness (QED) is 0.417. The van der Waals surface area contributed by atoms with Gasteiger partial charge in [0.1, 0.15) is 0 Å². The van der Waals surface area contributed by atoms with Gasteiger partial charge >= 0.3 is 6.16 Å². The van der Waals surface area contributed by atoms with Crippen molar-refractivity contribution in [3.63, 3.8) is 0 Å². The molecule has 0 rings (SSSR count). The van der Waals surface area contributed by atoms with E-state index in [0.717, 1.165) is 5.17 Å². The Kier molecular flexibility index (Phi) is 3.74. The fourth-order valence-electron chi connectivity index (χ4n) is 0.195. The number of nitrogens with one attached hydrogen (secondary N) is 1. The molecule has 1 N–H and O–H groups in total. The molecule has 0 bridgehead atoms. The number of hydrazine groups is 1. The molecule has 0 aliphatic rings. The highest BCUT2D eigenvalue weighted by atomic mass is 16.8. The second-order valence-electron chi connectivity index (χ2n) is 1.27. The summed E-state index contributed by atoms with van der Waals surface area (Å²) in [5.74, 6) is 0. The molecule has 0 aliphatic heterocycles. The molecule has 0 radical (unpaired) electrons. The summed E-state index contributed by atoms with van der Waals surface area (Å²) in [6.45, 7) is 0. The summed E-state index contributed by atoms with van der Waals surface area (Å²) >= 11 is 0. The molecule has 5 nitrogen and oxygen atoms in total. The number of hydrogen-bond acceptors (Lipinski definition) is 5. The van der Waals surface area contributed by atoms with Crippen molar-refractivity contribution >= 4 is 6.16 Å². The maximum atomic E-state index is 10.3. The van der Waals surface area contributed by atoms with Crippen LogP contribution < -0.4 is 5.43 Å². The SMILES string of the molecule is CNN(C)OC(=O)OC. The van der Waals surface area contributed by atoms with Crippen molar-refractivity contribution in [1.29, 1.82) is 0 Å². The maximum absolute atomic E-state index is 10.3. The van der Waals surface area contributed by atoms with Gasteiger partial charge in [-0.1, -0.05) is 5.17 Å². The van der Waals surface area contributed by atoms with Crippen molar-refractivity contribution in [3.8, 4) is 0 Å². The minimum absolute atomic E-state index is 0.744. The minimum atomic E-state index is -0.744. The summed E-state index contributed by atoms with van der Waals surface area (Å²) in [6.07, 6.45) is -0.744. The van der Waals surface area contributed by atoms with E-state index < -0.39 is 6.16 Å². The molecule has 0 aromatic carbocycles. The smallest absolute Gasteiger partial charge is 0.436 e. The molecule has 0 aromatic heterocycles. The first-order valence-corrected chi connectivity index (χ1v) is 2.37. The normalized spacial score (nSPS) is 9.33. The highest BCUT2D eigenvalue weighted by molar-refractivity contribution is 5.58. The molecular formula is C4H10N2O3. The molecule has 0 aliphatic carbocycles. The summed E-state index contributed by atoms with van der Waals surface area (Å²) in [7, 11) is 4.39. The molecule has 0 unspecified atom stereocenters. The minimum Gasteiger partial charge on any atom is -0.436 e. The molecule has 0 fully saturated rings. The van der Waals surface area contributed by atoms with Crippen molar-refractivity contribution in [3.05, 3.63) is 0 Å². The molecule has 0 heterocycles. The monoisotopic (exact) mass is 134 g/mol. The molecule has 54 valence electrons. The molecule has 0 aromatic rings. The zero-order chi connectivity index (χ0) is 7.28. The van der Waals surface area contributed by atoms with E-state index in [1.165, 1.54) is 14.2 Å². The van der Waals surface area contributed by atoms with Crippen LogP contribution in [0, 0.1) is 0 Å². The summed E-state index contributed by atoms with van der Waals surface area (Å²) in [6, 6.07) is 0. The van der Waals surface area contributed by atoms with Gasteiger partial charge in [-0.05, 0) is 0 Å². The van der Waals surface area contributed by atoms with E-state index in [9.17, 15) is 4.79 Å². The third kappa shape index (κ3) is 3.75. The fourth-order valence-corrected chi connectivity index (χ4v) is 0.195. The Morgan fingerprint density at radius 2 is 2.22 bits per heavy atom. The predicted molar refractivity (Wildman–Crippen MR) is 30.3 cm³/mol. The van der Waals surface area contributed by atoms with Gasteiger partial charge in [0, 0.05) is 14.1 Å². The highest BCUT2D eigenvalue weighted by Crippen LogP contribution is 1.82. The highest BCUT2D eigenvalue weighted by Gasteiger charge is 2.02. The van der Waals surface area contributed by atoms with Crippen molar-refractivity contribution in [2.45, 2.75) is 0 Å². The second-order valence-corrected chi connectivity index (χ2v) is 1.27. The van der Waals surface area contributed by atoms with Crippen LogP contribution in [0.1, 0.15) is 0 Å². The van der Waals surface area contributed by atoms with Gasteiger partial charge in [-0.3, -0.25) is 0 Å². The topological polar surface area (TPSA) is 50.8 Å². The summed E-state index contributed by atoms with van der Waals surface area (Å²) in [5.41, 5.74) is 2.54. The number of carbonyl (C=O) groups is 1. The molecular weight excluding hydrogens is 124 g/mol. The average molecular weight is 134 g/mol. The summed E-state index contributed by atoms with van der Waals surface area (Å²) in [4.78, 5) is 14.7. The number of rotatable bonds is 2. The first kappa shape index (κ1) is 8.19. The van der Waals surface area contributed by atoms with Gasteiger partial charge in [0.2, 0.25) is 0 Å². The summed E-state index contributed by atoms with van der Waals surface area (Å²) < 4.78 is 4.18. The Bertz CT molecular complexity index is 95.8. The van der Waals surface area contributed by atoms with Crippen molar-refractivity contribution in [2.75, 3.05) is 21.2 Å². The summed E-state index contributed by atoms with van der Waals surface area (Å²) in [5, 5.41) is 1.13. The van der Waals surface area contributed by atoms with Crippen molar-refractivity contribution in [2.24, 2.45) is 0 Å². The number of carbonyl (C=O) groups excluding carboxylic acids is 1. The van der Waals surface area contributed by atoms with Crippen LogP contribution in [-0.4, -0.2) is 32.5 Å². The predicted octanol–water partition coefficient (Wildman–Crippen LogP) is -0.249. The van der Waals surface area contributed by atoms with Crippen LogP contribution in [0.2, 0.25) is 0 Å². The lowest BCUT2D eigenvalue weighted by atomic mass is 11.3. The number of hydroxylamine groups is 1. The van der Waals surface area contributed by atoms with E-state index in [-0.39, 0.29) is 0 Å². The van der Waals surface area contributed by atoms with Crippen molar-refractivity contribution in [1.82, 2.24) is 10.6 Å². The van der Waals surface area contributed by atoms with Crippen LogP contribution >= 0.6 is 0 Å². The Morgan fingerprint density at radius 1 is 1.67 bits per heavy atom. The van der Waals surface area contributed by atoms with Crippen LogP contribution in [0.3, 0.4) is 0 Å². The van der Waals surface area contributed by atoms with E-state index in [2.05, 4.69) is 15.0 Å². The molecule has 0 atom stereocenters. The molecule has 5 heteroatoms. The number of nitrogens with zero attached hydrogens (tertiary/aromatic N) is 1. The van der Waals surface area contributed by atoms with E-state index in [1.54, 1.807) is 7.05 Å². The van der Waals surface area contributed by atoms with E-state index >= 15 is 0 Å². The van der Waals surface area contributed by atoms with Crippen LogP contribution in [0.5, 0.6) is 0 Å². The van der Waals surface area contributed by atoms with Crippen LogP contribution in [-0.2, 0) is 9.57 Å². The van der Waals surface area contributed by atoms with Gasteiger partial charge < -0.3 is 9.57 Å². The van der Waals surface area contributed by atoms with E-state index in [4.69, 9.17) is 0 Å². The molecule has 0 saturated heterocycles. The fraction of sp³-hybridized carbons (Fsp3) is 0.750. The second kappa shape index (κ2) is 4.11. The maximum Gasteiger partial charge on any atom is 0.528 e. The van der Waals surface area contributed by atoms with Gasteiger partial charge in [-0.2, -0.15) is 0 Å². The molecule has 9 heavy (non-hydrogen) atoms. The van der Waals surface area contributed by atoms with E-state index in [1.807, 2.05) is 0 Å².